The summed E-state index contributed by atoms with van der Waals surface area (Å²) in [4.78, 5) is 30.2. The summed E-state index contributed by atoms with van der Waals surface area (Å²) in [5, 5.41) is 9.14. The smallest absolute Gasteiger partial charge is 0.419 e. The van der Waals surface area contributed by atoms with Crippen molar-refractivity contribution in [2.75, 3.05) is 6.61 Å². The van der Waals surface area contributed by atoms with Gasteiger partial charge in [0, 0.05) is 20.2 Å². The zero-order chi connectivity index (χ0) is 25.3. The van der Waals surface area contributed by atoms with Crippen LogP contribution in [-0.4, -0.2) is 30.4 Å². The van der Waals surface area contributed by atoms with Crippen LogP contribution in [0.2, 0.25) is 0 Å². The van der Waals surface area contributed by atoms with Crippen molar-refractivity contribution < 1.29 is 27.4 Å². The predicted molar refractivity (Wildman–Crippen MR) is 118 cm³/mol. The first-order chi connectivity index (χ1) is 16.6. The Morgan fingerprint density at radius 3 is 2.43 bits per heavy atom. The van der Waals surface area contributed by atoms with Crippen LogP contribution in [0.4, 0.5) is 17.6 Å². The van der Waals surface area contributed by atoms with E-state index in [1.807, 2.05) is 0 Å². The van der Waals surface area contributed by atoms with Crippen LogP contribution in [-0.2, 0) is 26.3 Å². The Labute approximate surface area is 195 Å². The molecule has 0 saturated carbocycles. The molecule has 0 fully saturated rings. The molecule has 0 aliphatic heterocycles. The SMILES string of the molecule is Cn1c(=O)n(CCCO)c(=O)c2c1nc(Oc1ccc(F)c(C(F)(F)F)c1)n2Cc1ccccc1. The van der Waals surface area contributed by atoms with E-state index in [0.29, 0.717) is 12.1 Å². The van der Waals surface area contributed by atoms with Crippen LogP contribution in [0.1, 0.15) is 17.5 Å². The van der Waals surface area contributed by atoms with E-state index < -0.39 is 28.8 Å². The van der Waals surface area contributed by atoms with Crippen molar-refractivity contribution in [3.8, 4) is 11.8 Å². The van der Waals surface area contributed by atoms with Gasteiger partial charge < -0.3 is 9.84 Å². The molecule has 2 heterocycles. The number of hydrogen-bond acceptors (Lipinski definition) is 5. The summed E-state index contributed by atoms with van der Waals surface area (Å²) in [7, 11) is 1.39. The van der Waals surface area contributed by atoms with E-state index in [0.717, 1.165) is 20.8 Å². The number of alkyl halides is 3. The van der Waals surface area contributed by atoms with Gasteiger partial charge in [0.15, 0.2) is 11.2 Å². The van der Waals surface area contributed by atoms with Gasteiger partial charge in [0.2, 0.25) is 0 Å². The van der Waals surface area contributed by atoms with Gasteiger partial charge in [-0.25, -0.2) is 9.18 Å². The van der Waals surface area contributed by atoms with Gasteiger partial charge in [0.1, 0.15) is 11.6 Å². The van der Waals surface area contributed by atoms with E-state index in [4.69, 9.17) is 9.84 Å². The maximum Gasteiger partial charge on any atom is 0.419 e. The number of ether oxygens (including phenoxy) is 1. The molecule has 1 N–H and O–H groups in total. The summed E-state index contributed by atoms with van der Waals surface area (Å²) >= 11 is 0. The average Bonchev–Trinajstić information content (AvgIpc) is 3.17. The molecule has 0 aliphatic carbocycles. The molecule has 0 aliphatic rings. The Morgan fingerprint density at radius 1 is 1.06 bits per heavy atom. The molecule has 35 heavy (non-hydrogen) atoms. The molecule has 2 aromatic carbocycles. The number of imidazole rings is 1. The lowest BCUT2D eigenvalue weighted by Gasteiger charge is -2.13. The van der Waals surface area contributed by atoms with E-state index in [1.54, 1.807) is 30.3 Å². The monoisotopic (exact) mass is 492 g/mol. The second-order valence-corrected chi connectivity index (χ2v) is 7.76. The summed E-state index contributed by atoms with van der Waals surface area (Å²) < 4.78 is 62.3. The number of aliphatic hydroxyl groups is 1. The molecule has 0 unspecified atom stereocenters. The van der Waals surface area contributed by atoms with Gasteiger partial charge in [0.05, 0.1) is 12.1 Å². The van der Waals surface area contributed by atoms with E-state index in [-0.39, 0.29) is 49.0 Å². The largest absolute Gasteiger partial charge is 0.425 e. The highest BCUT2D eigenvalue weighted by Crippen LogP contribution is 2.35. The molecule has 4 rings (SSSR count). The molecule has 0 bridgehead atoms. The topological polar surface area (TPSA) is 91.3 Å². The molecule has 4 aromatic rings. The summed E-state index contributed by atoms with van der Waals surface area (Å²) in [6.07, 6.45) is -4.79. The molecule has 184 valence electrons. The maximum atomic E-state index is 13.7. The van der Waals surface area contributed by atoms with Crippen LogP contribution in [0.3, 0.4) is 0 Å². The highest BCUT2D eigenvalue weighted by molar-refractivity contribution is 5.72. The summed E-state index contributed by atoms with van der Waals surface area (Å²) in [6, 6.07) is 10.7. The van der Waals surface area contributed by atoms with Crippen molar-refractivity contribution in [2.45, 2.75) is 25.7 Å². The third-order valence-corrected chi connectivity index (χ3v) is 5.37. The minimum Gasteiger partial charge on any atom is -0.425 e. The summed E-state index contributed by atoms with van der Waals surface area (Å²) in [5.74, 6) is -1.81. The zero-order valence-electron chi connectivity index (χ0n) is 18.4. The Balaban J connectivity index is 1.92. The number of fused-ring (bicyclic) bond motifs is 1. The fourth-order valence-corrected chi connectivity index (χ4v) is 3.66. The Hall–Kier alpha value is -3.93. The first-order valence-electron chi connectivity index (χ1n) is 10.5. The lowest BCUT2D eigenvalue weighted by molar-refractivity contribution is -0.140. The van der Waals surface area contributed by atoms with Crippen molar-refractivity contribution in [2.24, 2.45) is 7.05 Å². The van der Waals surface area contributed by atoms with Gasteiger partial charge >= 0.3 is 17.9 Å². The third kappa shape index (κ3) is 4.69. The number of benzene rings is 2. The molecule has 0 amide bonds. The second-order valence-electron chi connectivity index (χ2n) is 7.76. The van der Waals surface area contributed by atoms with Crippen molar-refractivity contribution in [3.63, 3.8) is 0 Å². The van der Waals surface area contributed by atoms with Crippen LogP contribution in [0, 0.1) is 5.82 Å². The number of hydrogen-bond donors (Lipinski definition) is 1. The highest BCUT2D eigenvalue weighted by atomic mass is 19.4. The minimum atomic E-state index is -4.95. The average molecular weight is 492 g/mol. The molecule has 0 radical (unpaired) electrons. The number of rotatable bonds is 7. The van der Waals surface area contributed by atoms with Gasteiger partial charge in [-0.2, -0.15) is 18.2 Å². The van der Waals surface area contributed by atoms with Crippen LogP contribution >= 0.6 is 0 Å². The first kappa shape index (κ1) is 24.2. The normalized spacial score (nSPS) is 11.8. The number of aromatic nitrogens is 4. The van der Waals surface area contributed by atoms with Crippen molar-refractivity contribution in [1.29, 1.82) is 0 Å². The second kappa shape index (κ2) is 9.37. The number of nitrogens with zero attached hydrogens (tertiary/aromatic N) is 4. The molecule has 2 aromatic heterocycles. The fraction of sp³-hybridized carbons (Fsp3) is 0.261. The van der Waals surface area contributed by atoms with Gasteiger partial charge in [-0.05, 0) is 30.2 Å². The van der Waals surface area contributed by atoms with Crippen molar-refractivity contribution in [1.82, 2.24) is 18.7 Å². The van der Waals surface area contributed by atoms with Crippen molar-refractivity contribution in [3.05, 3.63) is 86.3 Å². The summed E-state index contributed by atoms with van der Waals surface area (Å²) in [5.41, 5.74) is -2.20. The molecular formula is C23H20F4N4O4. The zero-order valence-corrected chi connectivity index (χ0v) is 18.4. The molecule has 8 nitrogen and oxygen atoms in total. The molecular weight excluding hydrogens is 472 g/mol. The molecule has 0 atom stereocenters. The Bertz CT molecular complexity index is 1490. The van der Waals surface area contributed by atoms with Gasteiger partial charge in [-0.3, -0.25) is 18.5 Å². The van der Waals surface area contributed by atoms with Crippen LogP contribution < -0.4 is 16.0 Å². The van der Waals surface area contributed by atoms with Gasteiger partial charge in [-0.15, -0.1) is 0 Å². The van der Waals surface area contributed by atoms with E-state index in [1.165, 1.54) is 11.6 Å². The van der Waals surface area contributed by atoms with E-state index >= 15 is 0 Å². The Morgan fingerprint density at radius 2 is 1.77 bits per heavy atom. The highest BCUT2D eigenvalue weighted by Gasteiger charge is 2.34. The van der Waals surface area contributed by atoms with E-state index in [9.17, 15) is 27.2 Å². The molecule has 0 saturated heterocycles. The van der Waals surface area contributed by atoms with Crippen LogP contribution in [0.25, 0.3) is 11.2 Å². The molecule has 0 spiro atoms. The Kier molecular flexibility index (Phi) is 6.48. The quantitative estimate of drug-likeness (QED) is 0.400. The van der Waals surface area contributed by atoms with Gasteiger partial charge in [0.25, 0.3) is 5.56 Å². The third-order valence-electron chi connectivity index (χ3n) is 5.37. The molecule has 12 heteroatoms. The minimum absolute atomic E-state index is 0.0120. The standard InChI is InChI=1S/C23H20F4N4O4/c1-29-19-18(20(33)30(22(29)34)10-5-11-32)31(13-14-6-3-2-4-7-14)21(28-19)35-15-8-9-17(24)16(12-15)23(25,26)27/h2-4,6-9,12,32H,5,10-11,13H2,1H3. The van der Waals surface area contributed by atoms with Crippen LogP contribution in [0.15, 0.2) is 58.1 Å². The predicted octanol–water partition coefficient (Wildman–Crippen LogP) is 3.28. The fourth-order valence-electron chi connectivity index (χ4n) is 3.66. The lowest BCUT2D eigenvalue weighted by atomic mass is 10.2. The van der Waals surface area contributed by atoms with Crippen molar-refractivity contribution >= 4 is 11.2 Å². The lowest BCUT2D eigenvalue weighted by Crippen LogP contribution is -2.39. The first-order valence-corrected chi connectivity index (χ1v) is 10.5. The number of aryl methyl sites for hydroxylation is 1. The number of aliphatic hydroxyl groups excluding tert-OH is 1. The van der Waals surface area contributed by atoms with Gasteiger partial charge in [-0.1, -0.05) is 30.3 Å². The van der Waals surface area contributed by atoms with Crippen LogP contribution in [0.5, 0.6) is 11.8 Å². The maximum absolute atomic E-state index is 13.7. The van der Waals surface area contributed by atoms with E-state index in [2.05, 4.69) is 4.98 Å². The summed E-state index contributed by atoms with van der Waals surface area (Å²) in [6.45, 7) is -0.234. The number of halogens is 4.